The average Bonchev–Trinajstić information content (AvgIpc) is 2.95. The largest absolute Gasteiger partial charge is 0.508 e. The van der Waals surface area contributed by atoms with Crippen LogP contribution in [0.1, 0.15) is 24.5 Å². The van der Waals surface area contributed by atoms with Gasteiger partial charge in [-0.05, 0) is 71.1 Å². The summed E-state index contributed by atoms with van der Waals surface area (Å²) in [7, 11) is 0. The summed E-state index contributed by atoms with van der Waals surface area (Å²) in [5.74, 6) is 0.0691. The maximum Gasteiger partial charge on any atom is 0.270 e. The number of halogens is 2. The molecule has 1 fully saturated rings. The van der Waals surface area contributed by atoms with Gasteiger partial charge >= 0.3 is 0 Å². The van der Waals surface area contributed by atoms with Crippen molar-refractivity contribution < 1.29 is 14.2 Å². The summed E-state index contributed by atoms with van der Waals surface area (Å²) >= 11 is 6.42. The van der Waals surface area contributed by atoms with E-state index >= 15 is 0 Å². The molecule has 1 aliphatic heterocycles. The lowest BCUT2D eigenvalue weighted by Gasteiger charge is -2.27. The molecule has 0 spiro atoms. The van der Waals surface area contributed by atoms with E-state index in [1.54, 1.807) is 18.2 Å². The van der Waals surface area contributed by atoms with Crippen molar-refractivity contribution in [1.82, 2.24) is 9.97 Å². The Morgan fingerprint density at radius 1 is 1.02 bits per heavy atom. The summed E-state index contributed by atoms with van der Waals surface area (Å²) < 4.78 is 19.7. The van der Waals surface area contributed by atoms with Gasteiger partial charge in [0, 0.05) is 29.5 Å². The number of benzene rings is 3. The molecule has 2 heterocycles. The molecular formula is C30H30ClFN6O2. The van der Waals surface area contributed by atoms with E-state index in [9.17, 15) is 9.50 Å². The van der Waals surface area contributed by atoms with E-state index in [4.69, 9.17) is 16.3 Å². The molecule has 3 aromatic carbocycles. The molecule has 0 saturated carbocycles. The summed E-state index contributed by atoms with van der Waals surface area (Å²) in [5, 5.41) is 22.4. The van der Waals surface area contributed by atoms with Gasteiger partial charge in [-0.25, -0.2) is 9.37 Å². The van der Waals surface area contributed by atoms with Crippen molar-refractivity contribution in [2.75, 3.05) is 36.5 Å². The quantitative estimate of drug-likeness (QED) is 0.206. The minimum Gasteiger partial charge on any atom is -0.508 e. The Bertz CT molecular complexity index is 1510. The molecule has 1 saturated heterocycles. The Morgan fingerprint density at radius 2 is 1.88 bits per heavy atom. The summed E-state index contributed by atoms with van der Waals surface area (Å²) in [5.41, 5.74) is 5.72. The number of ether oxygens (including phenoxy) is 1. The number of aryl methyl sites for hydroxylation is 1. The molecule has 2 N–H and O–H groups in total. The number of aromatic nitrogens is 2. The molecule has 1 aliphatic rings. The third kappa shape index (κ3) is 6.91. The third-order valence-electron chi connectivity index (χ3n) is 6.52. The average molecular weight is 561 g/mol. The molecular weight excluding hydrogens is 531 g/mol. The van der Waals surface area contributed by atoms with Gasteiger partial charge in [-0.15, -0.1) is 5.11 Å². The van der Waals surface area contributed by atoms with Crippen molar-refractivity contribution in [3.63, 3.8) is 0 Å². The topological polar surface area (TPSA) is 95.2 Å². The Hall–Kier alpha value is -4.08. The monoisotopic (exact) mass is 560 g/mol. The summed E-state index contributed by atoms with van der Waals surface area (Å²) in [6.07, 6.45) is 2.98. The highest BCUT2D eigenvalue weighted by Crippen LogP contribution is 2.31. The van der Waals surface area contributed by atoms with Gasteiger partial charge < -0.3 is 20.1 Å². The fraction of sp³-hybridized carbons (Fsp3) is 0.267. The van der Waals surface area contributed by atoms with Crippen LogP contribution < -0.4 is 10.2 Å². The number of phenols is 1. The lowest BCUT2D eigenvalue weighted by atomic mass is 10.0. The van der Waals surface area contributed by atoms with Gasteiger partial charge in [0.05, 0.1) is 26.0 Å². The zero-order chi connectivity index (χ0) is 27.9. The number of nitrogens with zero attached hydrogens (tertiary/aromatic N) is 5. The van der Waals surface area contributed by atoms with Crippen LogP contribution in [0.4, 0.5) is 27.5 Å². The fourth-order valence-electron chi connectivity index (χ4n) is 4.61. The number of morpholine rings is 1. The van der Waals surface area contributed by atoms with Crippen LogP contribution >= 0.6 is 11.6 Å². The van der Waals surface area contributed by atoms with Crippen LogP contribution in [-0.2, 0) is 17.7 Å². The standard InChI is InChI=1S/C30H30ClFN6O2/c1-2-4-20-14-25(35-26-15-23(13-24(31)17-26)21-5-3-6-27(39)16-21)8-7-22(20)18-34-37-30-33-19-28(32)29(36-30)38-9-11-40-12-10-38/h3,5-8,13-17,19,35,39H,2,4,9-12,18H2,1H3. The van der Waals surface area contributed by atoms with Crippen molar-refractivity contribution in [2.45, 2.75) is 26.3 Å². The first kappa shape index (κ1) is 27.5. The maximum atomic E-state index is 14.3. The maximum absolute atomic E-state index is 14.3. The summed E-state index contributed by atoms with van der Waals surface area (Å²) in [4.78, 5) is 10.1. The van der Waals surface area contributed by atoms with Gasteiger partial charge in [0.25, 0.3) is 5.95 Å². The number of hydrogen-bond acceptors (Lipinski definition) is 8. The van der Waals surface area contributed by atoms with Crippen molar-refractivity contribution in [3.05, 3.63) is 88.8 Å². The second-order valence-corrected chi connectivity index (χ2v) is 9.91. The number of azo groups is 1. The van der Waals surface area contributed by atoms with Crippen LogP contribution in [0.3, 0.4) is 0 Å². The molecule has 40 heavy (non-hydrogen) atoms. The Kier molecular flexibility index (Phi) is 8.83. The van der Waals surface area contributed by atoms with Crippen LogP contribution in [0.2, 0.25) is 5.02 Å². The van der Waals surface area contributed by atoms with Gasteiger partial charge in [0.2, 0.25) is 0 Å². The number of hydrogen-bond donors (Lipinski definition) is 2. The Morgan fingerprint density at radius 3 is 2.67 bits per heavy atom. The lowest BCUT2D eigenvalue weighted by molar-refractivity contribution is 0.122. The molecule has 0 atom stereocenters. The molecule has 5 rings (SSSR count). The van der Waals surface area contributed by atoms with Crippen LogP contribution in [-0.4, -0.2) is 41.4 Å². The molecule has 206 valence electrons. The van der Waals surface area contributed by atoms with Crippen molar-refractivity contribution >= 4 is 34.7 Å². The SMILES string of the molecule is CCCc1cc(Nc2cc(Cl)cc(-c3cccc(O)c3)c2)ccc1CN=Nc1ncc(F)c(N2CCOCC2)n1. The van der Waals surface area contributed by atoms with Crippen molar-refractivity contribution in [2.24, 2.45) is 10.2 Å². The van der Waals surface area contributed by atoms with Crippen LogP contribution in [0.5, 0.6) is 5.75 Å². The fourth-order valence-corrected chi connectivity index (χ4v) is 4.84. The zero-order valence-electron chi connectivity index (χ0n) is 22.1. The first-order valence-electron chi connectivity index (χ1n) is 13.2. The molecule has 8 nitrogen and oxygen atoms in total. The number of phenolic OH excluding ortho intramolecular Hbond substituents is 1. The van der Waals surface area contributed by atoms with Crippen LogP contribution in [0.25, 0.3) is 11.1 Å². The van der Waals surface area contributed by atoms with Gasteiger partial charge in [0.1, 0.15) is 5.75 Å². The van der Waals surface area contributed by atoms with E-state index in [0.29, 0.717) is 37.9 Å². The summed E-state index contributed by atoms with van der Waals surface area (Å²) in [6, 6.07) is 18.9. The van der Waals surface area contributed by atoms with E-state index in [2.05, 4.69) is 38.5 Å². The molecule has 4 aromatic rings. The third-order valence-corrected chi connectivity index (χ3v) is 6.73. The predicted octanol–water partition coefficient (Wildman–Crippen LogP) is 7.46. The van der Waals surface area contributed by atoms with Crippen LogP contribution in [0, 0.1) is 5.82 Å². The molecule has 1 aromatic heterocycles. The van der Waals surface area contributed by atoms with E-state index < -0.39 is 5.82 Å². The van der Waals surface area contributed by atoms with Gasteiger partial charge in [-0.2, -0.15) is 10.1 Å². The molecule has 0 amide bonds. The van der Waals surface area contributed by atoms with Crippen molar-refractivity contribution in [1.29, 1.82) is 0 Å². The number of rotatable bonds is 9. The second kappa shape index (κ2) is 12.8. The second-order valence-electron chi connectivity index (χ2n) is 9.48. The van der Waals surface area contributed by atoms with Crippen LogP contribution in [0.15, 0.2) is 77.1 Å². The lowest BCUT2D eigenvalue weighted by Crippen LogP contribution is -2.37. The highest BCUT2D eigenvalue weighted by Gasteiger charge is 2.18. The minimum atomic E-state index is -0.483. The Balaban J connectivity index is 1.31. The zero-order valence-corrected chi connectivity index (χ0v) is 22.9. The molecule has 0 aliphatic carbocycles. The number of anilines is 3. The highest BCUT2D eigenvalue weighted by molar-refractivity contribution is 6.31. The van der Waals surface area contributed by atoms with Gasteiger partial charge in [-0.1, -0.05) is 43.1 Å². The smallest absolute Gasteiger partial charge is 0.270 e. The summed E-state index contributed by atoms with van der Waals surface area (Å²) in [6.45, 7) is 4.67. The van der Waals surface area contributed by atoms with E-state index in [-0.39, 0.29) is 17.5 Å². The Labute approximate surface area is 237 Å². The highest BCUT2D eigenvalue weighted by atomic mass is 35.5. The van der Waals surface area contributed by atoms with E-state index in [1.165, 1.54) is 0 Å². The molecule has 0 bridgehead atoms. The molecule has 10 heteroatoms. The minimum absolute atomic E-state index is 0.127. The normalized spacial score (nSPS) is 13.6. The first-order chi connectivity index (χ1) is 19.5. The number of aromatic hydroxyl groups is 1. The van der Waals surface area contributed by atoms with E-state index in [1.807, 2.05) is 41.3 Å². The van der Waals surface area contributed by atoms with Gasteiger partial charge in [0.15, 0.2) is 11.6 Å². The van der Waals surface area contributed by atoms with E-state index in [0.717, 1.165) is 52.7 Å². The molecule has 0 radical (unpaired) electrons. The molecule has 0 unspecified atom stereocenters. The van der Waals surface area contributed by atoms with Gasteiger partial charge in [-0.3, -0.25) is 0 Å². The first-order valence-corrected chi connectivity index (χ1v) is 13.6. The number of nitrogens with one attached hydrogen (secondary N) is 1. The van der Waals surface area contributed by atoms with Crippen molar-refractivity contribution in [3.8, 4) is 16.9 Å². The predicted molar refractivity (Wildman–Crippen MR) is 156 cm³/mol.